The molecule has 3 aromatic rings. The van der Waals surface area contributed by atoms with Crippen LogP contribution in [0.2, 0.25) is 5.15 Å². The molecule has 0 amide bonds. The van der Waals surface area contributed by atoms with Crippen LogP contribution in [0.5, 0.6) is 0 Å². The van der Waals surface area contributed by atoms with E-state index in [9.17, 15) is 0 Å². The van der Waals surface area contributed by atoms with Gasteiger partial charge in [0.1, 0.15) is 10.2 Å². The molecule has 0 bridgehead atoms. The van der Waals surface area contributed by atoms with Crippen LogP contribution in [0, 0.1) is 6.92 Å². The van der Waals surface area contributed by atoms with Crippen molar-refractivity contribution < 1.29 is 4.42 Å². The van der Waals surface area contributed by atoms with Gasteiger partial charge in [-0.1, -0.05) is 11.6 Å². The first kappa shape index (κ1) is 9.92. The van der Waals surface area contributed by atoms with E-state index in [0.29, 0.717) is 26.9 Å². The fourth-order valence-electron chi connectivity index (χ4n) is 1.49. The van der Waals surface area contributed by atoms with Gasteiger partial charge in [-0.3, -0.25) is 5.10 Å². The van der Waals surface area contributed by atoms with E-state index < -0.39 is 0 Å². The molecule has 5 nitrogen and oxygen atoms in total. The molecule has 0 aliphatic carbocycles. The summed E-state index contributed by atoms with van der Waals surface area (Å²) in [4.78, 5) is 0. The lowest BCUT2D eigenvalue weighted by Crippen LogP contribution is -1.87. The Bertz CT molecular complexity index is 668. The van der Waals surface area contributed by atoms with E-state index in [1.165, 1.54) is 0 Å². The number of aryl methyl sites for hydroxylation is 1. The van der Waals surface area contributed by atoms with Crippen molar-refractivity contribution in [3.8, 4) is 11.6 Å². The van der Waals surface area contributed by atoms with Crippen molar-refractivity contribution in [1.82, 2.24) is 19.8 Å². The number of nitrogens with zero attached hydrogens (tertiary/aromatic N) is 3. The number of H-pyrrole nitrogens is 1. The monoisotopic (exact) mass is 300 g/mol. The van der Waals surface area contributed by atoms with E-state index in [4.69, 9.17) is 16.0 Å². The van der Waals surface area contributed by atoms with Crippen LogP contribution in [0.1, 0.15) is 5.76 Å². The summed E-state index contributed by atoms with van der Waals surface area (Å²) in [5.41, 5.74) is 0.703. The number of rotatable bonds is 1. The maximum atomic E-state index is 5.90. The number of nitrogens with one attached hydrogen (secondary N) is 1. The van der Waals surface area contributed by atoms with Gasteiger partial charge in [0.15, 0.2) is 16.6 Å². The summed E-state index contributed by atoms with van der Waals surface area (Å²) >= 11 is 9.23. The van der Waals surface area contributed by atoms with Crippen molar-refractivity contribution in [3.63, 3.8) is 0 Å². The standard InChI is InChI=1S/C9H6BrClN4O/c1-4-2-3-5(16-4)8-12-13-9-6(10)7(11)14-15(8)9/h2-3,13H,1H3. The molecule has 0 unspecified atom stereocenters. The molecule has 7 heteroatoms. The summed E-state index contributed by atoms with van der Waals surface area (Å²) in [5.74, 6) is 2.06. The Hall–Kier alpha value is -1.27. The van der Waals surface area contributed by atoms with Crippen LogP contribution >= 0.6 is 27.5 Å². The van der Waals surface area contributed by atoms with Gasteiger partial charge in [-0.05, 0) is 35.0 Å². The molecule has 0 fully saturated rings. The predicted octanol–water partition coefficient (Wildman–Crippen LogP) is 3.04. The van der Waals surface area contributed by atoms with Crippen LogP contribution < -0.4 is 0 Å². The smallest absolute Gasteiger partial charge is 0.218 e. The lowest BCUT2D eigenvalue weighted by molar-refractivity contribution is 0.542. The van der Waals surface area contributed by atoms with Gasteiger partial charge in [0.2, 0.25) is 5.82 Å². The Morgan fingerprint density at radius 3 is 3.00 bits per heavy atom. The number of furan rings is 1. The van der Waals surface area contributed by atoms with E-state index in [0.717, 1.165) is 5.76 Å². The molecule has 0 aromatic carbocycles. The van der Waals surface area contributed by atoms with E-state index in [1.807, 2.05) is 19.1 Å². The zero-order valence-corrected chi connectivity index (χ0v) is 10.5. The molecule has 0 radical (unpaired) electrons. The number of aromatic nitrogens is 4. The van der Waals surface area contributed by atoms with Crippen LogP contribution in [0.3, 0.4) is 0 Å². The number of aromatic amines is 1. The summed E-state index contributed by atoms with van der Waals surface area (Å²) in [6, 6.07) is 3.71. The van der Waals surface area contributed by atoms with E-state index >= 15 is 0 Å². The molecule has 0 saturated carbocycles. The number of fused-ring (bicyclic) bond motifs is 1. The Morgan fingerprint density at radius 2 is 2.31 bits per heavy atom. The second-order valence-electron chi connectivity index (χ2n) is 3.32. The minimum Gasteiger partial charge on any atom is -0.458 e. The maximum absolute atomic E-state index is 5.90. The molecule has 0 saturated heterocycles. The summed E-state index contributed by atoms with van der Waals surface area (Å²) in [7, 11) is 0. The third-order valence-corrected chi connectivity index (χ3v) is 3.46. The molecular weight excluding hydrogens is 295 g/mol. The van der Waals surface area contributed by atoms with E-state index in [1.54, 1.807) is 4.52 Å². The Morgan fingerprint density at radius 1 is 1.50 bits per heavy atom. The molecule has 3 aromatic heterocycles. The average Bonchev–Trinajstić information content (AvgIpc) is 2.88. The second kappa shape index (κ2) is 3.36. The van der Waals surface area contributed by atoms with Gasteiger partial charge in [-0.25, -0.2) is 0 Å². The number of hydrogen-bond donors (Lipinski definition) is 1. The zero-order valence-electron chi connectivity index (χ0n) is 8.16. The molecule has 82 valence electrons. The van der Waals surface area contributed by atoms with E-state index in [2.05, 4.69) is 31.2 Å². The van der Waals surface area contributed by atoms with Crippen molar-refractivity contribution in [2.75, 3.05) is 0 Å². The summed E-state index contributed by atoms with van der Waals surface area (Å²) < 4.78 is 7.78. The van der Waals surface area contributed by atoms with Crippen LogP contribution in [0.4, 0.5) is 0 Å². The first-order chi connectivity index (χ1) is 7.66. The van der Waals surface area contributed by atoms with Crippen molar-refractivity contribution in [1.29, 1.82) is 0 Å². The molecule has 0 atom stereocenters. The maximum Gasteiger partial charge on any atom is 0.218 e. The largest absolute Gasteiger partial charge is 0.458 e. The first-order valence-corrected chi connectivity index (χ1v) is 5.69. The van der Waals surface area contributed by atoms with Crippen molar-refractivity contribution >= 4 is 33.2 Å². The minimum atomic E-state index is 0.387. The summed E-state index contributed by atoms with van der Waals surface area (Å²) in [5, 5.41) is 11.5. The van der Waals surface area contributed by atoms with Crippen LogP contribution in [0.15, 0.2) is 21.0 Å². The fraction of sp³-hybridized carbons (Fsp3) is 0.111. The molecular formula is C9H6BrClN4O. The average molecular weight is 302 g/mol. The van der Waals surface area contributed by atoms with Crippen LogP contribution in [-0.4, -0.2) is 19.8 Å². The number of hydrogen-bond acceptors (Lipinski definition) is 3. The van der Waals surface area contributed by atoms with Crippen molar-refractivity contribution in [3.05, 3.63) is 27.5 Å². The molecule has 3 heterocycles. The van der Waals surface area contributed by atoms with Crippen molar-refractivity contribution in [2.24, 2.45) is 0 Å². The third kappa shape index (κ3) is 1.30. The number of halogens is 2. The Kier molecular flexibility index (Phi) is 2.08. The van der Waals surface area contributed by atoms with Crippen LogP contribution in [-0.2, 0) is 0 Å². The van der Waals surface area contributed by atoms with Gasteiger partial charge in [0.05, 0.1) is 0 Å². The normalized spacial score (nSPS) is 11.4. The highest BCUT2D eigenvalue weighted by molar-refractivity contribution is 9.10. The lowest BCUT2D eigenvalue weighted by Gasteiger charge is -1.90. The summed E-state index contributed by atoms with van der Waals surface area (Å²) in [6.07, 6.45) is 0. The first-order valence-electron chi connectivity index (χ1n) is 4.51. The molecule has 0 aliphatic heterocycles. The SMILES string of the molecule is Cc1ccc(-c2n[nH]c3c(Br)c(Cl)nn23)o1. The fourth-order valence-corrected chi connectivity index (χ4v) is 1.99. The van der Waals surface area contributed by atoms with Crippen LogP contribution in [0.25, 0.3) is 17.2 Å². The molecule has 16 heavy (non-hydrogen) atoms. The van der Waals surface area contributed by atoms with Gasteiger partial charge in [0.25, 0.3) is 0 Å². The summed E-state index contributed by atoms with van der Waals surface area (Å²) in [6.45, 7) is 1.87. The predicted molar refractivity (Wildman–Crippen MR) is 62.5 cm³/mol. The lowest BCUT2D eigenvalue weighted by atomic mass is 10.4. The molecule has 1 N–H and O–H groups in total. The zero-order chi connectivity index (χ0) is 11.3. The molecule has 3 rings (SSSR count). The third-order valence-electron chi connectivity index (χ3n) is 2.22. The highest BCUT2D eigenvalue weighted by Crippen LogP contribution is 2.28. The Balaban J connectivity index is 2.28. The van der Waals surface area contributed by atoms with Gasteiger partial charge in [-0.15, -0.1) is 5.10 Å². The van der Waals surface area contributed by atoms with Gasteiger partial charge in [-0.2, -0.15) is 9.61 Å². The topological polar surface area (TPSA) is 59.1 Å². The van der Waals surface area contributed by atoms with Crippen molar-refractivity contribution in [2.45, 2.75) is 6.92 Å². The second-order valence-corrected chi connectivity index (χ2v) is 4.47. The minimum absolute atomic E-state index is 0.387. The van der Waals surface area contributed by atoms with E-state index in [-0.39, 0.29) is 0 Å². The molecule has 0 aliphatic rings. The highest BCUT2D eigenvalue weighted by Gasteiger charge is 2.17. The Labute approximate surface area is 104 Å². The molecule has 0 spiro atoms. The van der Waals surface area contributed by atoms with Gasteiger partial charge in [0, 0.05) is 0 Å². The quantitative estimate of drug-likeness (QED) is 0.751. The van der Waals surface area contributed by atoms with Gasteiger partial charge < -0.3 is 4.42 Å². The highest BCUT2D eigenvalue weighted by atomic mass is 79.9. The van der Waals surface area contributed by atoms with Gasteiger partial charge >= 0.3 is 0 Å².